The Bertz CT molecular complexity index is 451. The molecule has 0 spiro atoms. The first-order chi connectivity index (χ1) is 6.97. The fraction of sp³-hybridized carbons (Fsp3) is 0.333. The minimum atomic E-state index is -3.41. The highest BCUT2D eigenvalue weighted by molar-refractivity contribution is 9.10. The summed E-state index contributed by atoms with van der Waals surface area (Å²) in [5.74, 6) is 0. The van der Waals surface area contributed by atoms with Crippen molar-refractivity contribution in [1.29, 1.82) is 0 Å². The number of nitrogens with one attached hydrogen (secondary N) is 1. The number of nitrogens with two attached hydrogens (primary N) is 1. The average molecular weight is 330 g/mol. The summed E-state index contributed by atoms with van der Waals surface area (Å²) in [6.45, 7) is 2.37. The number of halogens is 2. The number of benzene rings is 1. The third-order valence-corrected chi connectivity index (χ3v) is 4.22. The van der Waals surface area contributed by atoms with Gasteiger partial charge in [-0.05, 0) is 30.7 Å². The third kappa shape index (κ3) is 4.03. The molecule has 0 aromatic heterocycles. The summed E-state index contributed by atoms with van der Waals surface area (Å²) < 4.78 is 26.6. The molecule has 0 atom stereocenters. The maximum absolute atomic E-state index is 11.7. The Morgan fingerprint density at radius 1 is 1.44 bits per heavy atom. The zero-order valence-electron chi connectivity index (χ0n) is 8.73. The lowest BCUT2D eigenvalue weighted by molar-refractivity contribution is 0.582. The summed E-state index contributed by atoms with van der Waals surface area (Å²) >= 11 is 3.31. The van der Waals surface area contributed by atoms with Crippen molar-refractivity contribution >= 4 is 38.4 Å². The molecule has 4 nitrogen and oxygen atoms in total. The lowest BCUT2D eigenvalue weighted by atomic mass is 10.2. The van der Waals surface area contributed by atoms with E-state index in [1.807, 2.05) is 6.92 Å². The van der Waals surface area contributed by atoms with Crippen LogP contribution >= 0.6 is 28.3 Å². The van der Waals surface area contributed by atoms with E-state index in [9.17, 15) is 8.42 Å². The van der Waals surface area contributed by atoms with Gasteiger partial charge in [-0.2, -0.15) is 0 Å². The Hall–Kier alpha value is -0.140. The van der Waals surface area contributed by atoms with Crippen LogP contribution in [0.15, 0.2) is 27.6 Å². The lowest BCUT2D eigenvalue weighted by Crippen LogP contribution is -2.29. The van der Waals surface area contributed by atoms with Crippen molar-refractivity contribution in [2.45, 2.75) is 11.8 Å². The number of aryl methyl sites for hydroxylation is 1. The first-order valence-electron chi connectivity index (χ1n) is 4.43. The lowest BCUT2D eigenvalue weighted by Gasteiger charge is -2.06. The van der Waals surface area contributed by atoms with Crippen molar-refractivity contribution in [2.24, 2.45) is 5.73 Å². The van der Waals surface area contributed by atoms with Gasteiger partial charge in [-0.25, -0.2) is 13.1 Å². The molecule has 92 valence electrons. The molecule has 0 saturated heterocycles. The second-order valence-electron chi connectivity index (χ2n) is 3.10. The van der Waals surface area contributed by atoms with Crippen molar-refractivity contribution in [2.75, 3.05) is 13.1 Å². The molecule has 1 aromatic carbocycles. The molecule has 0 radical (unpaired) electrons. The summed E-state index contributed by atoms with van der Waals surface area (Å²) in [4.78, 5) is 0.261. The molecule has 0 amide bonds. The van der Waals surface area contributed by atoms with Gasteiger partial charge in [0, 0.05) is 17.6 Å². The van der Waals surface area contributed by atoms with E-state index in [1.54, 1.807) is 18.2 Å². The Kier molecular flexibility index (Phi) is 6.50. The Morgan fingerprint density at radius 3 is 2.56 bits per heavy atom. The fourth-order valence-corrected chi connectivity index (χ4v) is 2.44. The van der Waals surface area contributed by atoms with E-state index < -0.39 is 10.0 Å². The van der Waals surface area contributed by atoms with E-state index >= 15 is 0 Å². The van der Waals surface area contributed by atoms with Gasteiger partial charge in [0.2, 0.25) is 10.0 Å². The minimum Gasteiger partial charge on any atom is -0.329 e. The third-order valence-electron chi connectivity index (χ3n) is 1.88. The van der Waals surface area contributed by atoms with Gasteiger partial charge in [0.1, 0.15) is 0 Å². The molecule has 16 heavy (non-hydrogen) atoms. The van der Waals surface area contributed by atoms with E-state index in [-0.39, 0.29) is 30.4 Å². The predicted octanol–water partition coefficient (Wildman–Crippen LogP) is 1.42. The number of rotatable bonds is 4. The van der Waals surface area contributed by atoms with Crippen LogP contribution in [0.25, 0.3) is 0 Å². The van der Waals surface area contributed by atoms with E-state index in [2.05, 4.69) is 20.7 Å². The highest BCUT2D eigenvalue weighted by Gasteiger charge is 2.13. The summed E-state index contributed by atoms with van der Waals surface area (Å²) in [5.41, 5.74) is 6.11. The molecule has 0 aliphatic rings. The number of hydrogen-bond acceptors (Lipinski definition) is 3. The molecule has 0 saturated carbocycles. The van der Waals surface area contributed by atoms with Crippen LogP contribution in [0.2, 0.25) is 0 Å². The van der Waals surface area contributed by atoms with Crippen LogP contribution in [0, 0.1) is 6.92 Å². The van der Waals surface area contributed by atoms with E-state index in [4.69, 9.17) is 5.73 Å². The molecular weight excluding hydrogens is 316 g/mol. The molecule has 0 aliphatic heterocycles. The van der Waals surface area contributed by atoms with Gasteiger partial charge in [-0.1, -0.05) is 15.9 Å². The number of sulfonamides is 1. The number of hydrogen-bond donors (Lipinski definition) is 2. The van der Waals surface area contributed by atoms with Gasteiger partial charge in [-0.15, -0.1) is 12.4 Å². The Labute approximate surface area is 110 Å². The molecule has 0 unspecified atom stereocenters. The smallest absolute Gasteiger partial charge is 0.240 e. The van der Waals surface area contributed by atoms with Gasteiger partial charge in [0.15, 0.2) is 0 Å². The summed E-state index contributed by atoms with van der Waals surface area (Å²) in [7, 11) is -3.41. The van der Waals surface area contributed by atoms with E-state index in [0.717, 1.165) is 10.0 Å². The average Bonchev–Trinajstić information content (AvgIpc) is 2.19. The maximum Gasteiger partial charge on any atom is 0.240 e. The highest BCUT2D eigenvalue weighted by atomic mass is 79.9. The van der Waals surface area contributed by atoms with Crippen LogP contribution < -0.4 is 10.5 Å². The van der Waals surface area contributed by atoms with Gasteiger partial charge in [-0.3, -0.25) is 0 Å². The maximum atomic E-state index is 11.7. The summed E-state index contributed by atoms with van der Waals surface area (Å²) in [5, 5.41) is 0. The molecule has 0 fully saturated rings. The normalized spacial score (nSPS) is 10.9. The van der Waals surface area contributed by atoms with Crippen molar-refractivity contribution in [3.63, 3.8) is 0 Å². The van der Waals surface area contributed by atoms with Crippen LogP contribution in [0.5, 0.6) is 0 Å². The van der Waals surface area contributed by atoms with Crippen molar-refractivity contribution < 1.29 is 8.42 Å². The van der Waals surface area contributed by atoms with Crippen LogP contribution in [0.3, 0.4) is 0 Å². The molecule has 3 N–H and O–H groups in total. The van der Waals surface area contributed by atoms with Gasteiger partial charge >= 0.3 is 0 Å². The van der Waals surface area contributed by atoms with Gasteiger partial charge in [0.25, 0.3) is 0 Å². The van der Waals surface area contributed by atoms with Crippen molar-refractivity contribution in [3.8, 4) is 0 Å². The Balaban J connectivity index is 0.00000225. The second-order valence-corrected chi connectivity index (χ2v) is 5.72. The minimum absolute atomic E-state index is 0. The molecule has 1 rings (SSSR count). The molecule has 1 aromatic rings. The summed E-state index contributed by atoms with van der Waals surface area (Å²) in [6.07, 6.45) is 0. The quantitative estimate of drug-likeness (QED) is 0.877. The zero-order valence-corrected chi connectivity index (χ0v) is 12.0. The molecular formula is C9H14BrClN2O2S. The van der Waals surface area contributed by atoms with Gasteiger partial charge in [0.05, 0.1) is 4.90 Å². The van der Waals surface area contributed by atoms with E-state index in [0.29, 0.717) is 0 Å². The molecule has 0 bridgehead atoms. The summed E-state index contributed by atoms with van der Waals surface area (Å²) in [6, 6.07) is 4.88. The van der Waals surface area contributed by atoms with E-state index in [1.165, 1.54) is 0 Å². The van der Waals surface area contributed by atoms with Crippen molar-refractivity contribution in [3.05, 3.63) is 28.2 Å². The van der Waals surface area contributed by atoms with Crippen LogP contribution in [-0.2, 0) is 10.0 Å². The predicted molar refractivity (Wildman–Crippen MR) is 70.4 cm³/mol. The van der Waals surface area contributed by atoms with Crippen LogP contribution in [0.4, 0.5) is 0 Å². The highest BCUT2D eigenvalue weighted by Crippen LogP contribution is 2.19. The molecule has 7 heteroatoms. The Morgan fingerprint density at radius 2 is 2.06 bits per heavy atom. The van der Waals surface area contributed by atoms with Crippen LogP contribution in [-0.4, -0.2) is 21.5 Å². The zero-order chi connectivity index (χ0) is 11.5. The monoisotopic (exact) mass is 328 g/mol. The first kappa shape index (κ1) is 15.9. The molecule has 0 heterocycles. The first-order valence-corrected chi connectivity index (χ1v) is 6.71. The fourth-order valence-electron chi connectivity index (χ4n) is 1.06. The molecule has 0 aliphatic carbocycles. The van der Waals surface area contributed by atoms with Gasteiger partial charge < -0.3 is 5.73 Å². The second kappa shape index (κ2) is 6.56. The van der Waals surface area contributed by atoms with Crippen LogP contribution in [0.1, 0.15) is 5.56 Å². The topological polar surface area (TPSA) is 72.2 Å². The van der Waals surface area contributed by atoms with Crippen molar-refractivity contribution in [1.82, 2.24) is 4.72 Å². The largest absolute Gasteiger partial charge is 0.329 e. The standard InChI is InChI=1S/C9H13BrN2O2S.ClH/c1-7-6-8(2-3-9(7)10)15(13,14)12-5-4-11;/h2-3,6,12H,4-5,11H2,1H3;1H. The SMILES string of the molecule is Cc1cc(S(=O)(=O)NCCN)ccc1Br.Cl.